The van der Waals surface area contributed by atoms with Gasteiger partial charge in [-0.15, -0.1) is 11.3 Å². The zero-order valence-electron chi connectivity index (χ0n) is 19.7. The lowest BCUT2D eigenvalue weighted by molar-refractivity contribution is -0.0496. The van der Waals surface area contributed by atoms with Gasteiger partial charge in [-0.05, 0) is 25.0 Å². The van der Waals surface area contributed by atoms with Crippen LogP contribution in [0.25, 0.3) is 17.2 Å². The first kappa shape index (κ1) is 25.3. The van der Waals surface area contributed by atoms with Gasteiger partial charge in [-0.25, -0.2) is 28.1 Å². The first-order chi connectivity index (χ1) is 17.5. The number of imidazole rings is 1. The molecule has 0 atom stereocenters. The Bertz CT molecular complexity index is 1610. The summed E-state index contributed by atoms with van der Waals surface area (Å²) in [6, 6.07) is 1.78. The van der Waals surface area contributed by atoms with Gasteiger partial charge in [0.05, 0.1) is 25.3 Å². The number of nitrogens with one attached hydrogen (secondary N) is 1. The Morgan fingerprint density at radius 3 is 2.76 bits per heavy atom. The molecule has 0 bridgehead atoms. The summed E-state index contributed by atoms with van der Waals surface area (Å²) in [5.41, 5.74) is -2.81. The lowest BCUT2D eigenvalue weighted by Crippen LogP contribution is -2.44. The Morgan fingerprint density at radius 1 is 1.24 bits per heavy atom. The Balaban J connectivity index is 1.30. The van der Waals surface area contributed by atoms with E-state index in [2.05, 4.69) is 25.4 Å². The lowest BCUT2D eigenvalue weighted by atomic mass is 10.2. The summed E-state index contributed by atoms with van der Waals surface area (Å²) < 4.78 is 65.7. The lowest BCUT2D eigenvalue weighted by Gasteiger charge is -2.26. The third kappa shape index (κ3) is 4.59. The largest absolute Gasteiger partial charge is 0.511 e. The van der Waals surface area contributed by atoms with Crippen LogP contribution in [0.4, 0.5) is 13.2 Å². The molecule has 4 aromatic heterocycles. The molecular formula is C21H21F3N8O3S2. The molecule has 4 aromatic rings. The van der Waals surface area contributed by atoms with Crippen molar-refractivity contribution >= 4 is 33.0 Å². The SMILES string of the molecule is CCc1nc2ncc(C)cn2c1C(=O)NCc1cc(-c2nc3n(n2)CCN(S(=O)(=O)C(F)(F)F)C3)cs1. The van der Waals surface area contributed by atoms with Gasteiger partial charge in [-0.3, -0.25) is 9.20 Å². The maximum Gasteiger partial charge on any atom is 0.511 e. The van der Waals surface area contributed by atoms with E-state index in [0.717, 1.165) is 10.4 Å². The zero-order valence-corrected chi connectivity index (χ0v) is 21.3. The standard InChI is InChI=1S/C21H21F3N8O3S2/c1-3-15-17(31-9-12(2)7-26-20(31)27-15)19(33)25-8-14-6-13(11-36-14)18-28-16-10-30(4-5-32(16)29-18)37(34,35)21(22,23)24/h6-7,9,11H,3-5,8,10H2,1-2H3,(H,25,33). The summed E-state index contributed by atoms with van der Waals surface area (Å²) in [5, 5.41) is 8.98. The molecule has 0 saturated carbocycles. The second-order valence-corrected chi connectivity index (χ2v) is 11.3. The van der Waals surface area contributed by atoms with Crippen molar-refractivity contribution in [3.8, 4) is 11.4 Å². The molecule has 16 heteroatoms. The van der Waals surface area contributed by atoms with E-state index in [9.17, 15) is 26.4 Å². The van der Waals surface area contributed by atoms with Crippen LogP contribution in [0.1, 0.15) is 39.4 Å². The predicted molar refractivity (Wildman–Crippen MR) is 127 cm³/mol. The van der Waals surface area contributed by atoms with Gasteiger partial charge in [0.25, 0.3) is 5.91 Å². The van der Waals surface area contributed by atoms with Gasteiger partial charge >= 0.3 is 15.5 Å². The van der Waals surface area contributed by atoms with Crippen LogP contribution in [0.3, 0.4) is 0 Å². The number of alkyl halides is 3. The Kier molecular flexibility index (Phi) is 6.27. The number of thiophene rings is 1. The first-order valence-corrected chi connectivity index (χ1v) is 13.5. The molecule has 0 radical (unpaired) electrons. The number of hydrogen-bond acceptors (Lipinski definition) is 8. The van der Waals surface area contributed by atoms with E-state index < -0.39 is 22.1 Å². The molecule has 0 fully saturated rings. The van der Waals surface area contributed by atoms with Crippen molar-refractivity contribution in [1.82, 2.24) is 38.8 Å². The molecule has 1 aliphatic rings. The van der Waals surface area contributed by atoms with Gasteiger partial charge in [-0.1, -0.05) is 6.92 Å². The van der Waals surface area contributed by atoms with Gasteiger partial charge in [0, 0.05) is 34.8 Å². The van der Waals surface area contributed by atoms with Crippen molar-refractivity contribution in [2.45, 2.75) is 45.4 Å². The number of aryl methyl sites for hydroxylation is 2. The fraction of sp³-hybridized carbons (Fsp3) is 0.381. The number of sulfonamides is 1. The van der Waals surface area contributed by atoms with E-state index in [4.69, 9.17) is 0 Å². The predicted octanol–water partition coefficient (Wildman–Crippen LogP) is 2.52. The van der Waals surface area contributed by atoms with Crippen LogP contribution >= 0.6 is 11.3 Å². The third-order valence-electron chi connectivity index (χ3n) is 5.83. The van der Waals surface area contributed by atoms with E-state index in [-0.39, 0.29) is 37.2 Å². The van der Waals surface area contributed by atoms with Crippen LogP contribution in [0.2, 0.25) is 0 Å². The van der Waals surface area contributed by atoms with Gasteiger partial charge in [0.1, 0.15) is 11.5 Å². The number of carbonyl (C=O) groups is 1. The summed E-state index contributed by atoms with van der Waals surface area (Å²) in [6.07, 6.45) is 4.05. The van der Waals surface area contributed by atoms with Crippen molar-refractivity contribution < 1.29 is 26.4 Å². The molecule has 0 aromatic carbocycles. The van der Waals surface area contributed by atoms with Crippen molar-refractivity contribution in [3.63, 3.8) is 0 Å². The summed E-state index contributed by atoms with van der Waals surface area (Å²) in [6.45, 7) is 3.10. The van der Waals surface area contributed by atoms with E-state index >= 15 is 0 Å². The molecule has 0 unspecified atom stereocenters. The van der Waals surface area contributed by atoms with Gasteiger partial charge < -0.3 is 5.32 Å². The number of amides is 1. The summed E-state index contributed by atoms with van der Waals surface area (Å²) in [7, 11) is -5.45. The number of carbonyl (C=O) groups excluding carboxylic acids is 1. The molecule has 1 amide bonds. The fourth-order valence-electron chi connectivity index (χ4n) is 3.99. The first-order valence-electron chi connectivity index (χ1n) is 11.2. The minimum atomic E-state index is -5.45. The number of hydrogen-bond donors (Lipinski definition) is 1. The van der Waals surface area contributed by atoms with Gasteiger partial charge in [0.2, 0.25) is 5.78 Å². The number of aromatic nitrogens is 6. The van der Waals surface area contributed by atoms with E-state index in [1.54, 1.807) is 28.2 Å². The van der Waals surface area contributed by atoms with Gasteiger partial charge in [-0.2, -0.15) is 22.6 Å². The molecule has 5 rings (SSSR count). The van der Waals surface area contributed by atoms with Crippen LogP contribution in [0.5, 0.6) is 0 Å². The Hall–Kier alpha value is -3.37. The Labute approximate surface area is 213 Å². The normalized spacial score (nSPS) is 14.7. The van der Waals surface area contributed by atoms with Crippen LogP contribution in [-0.4, -0.2) is 59.8 Å². The second-order valence-electron chi connectivity index (χ2n) is 8.41. The van der Waals surface area contributed by atoms with Crippen LogP contribution in [-0.2, 0) is 36.1 Å². The smallest absolute Gasteiger partial charge is 0.346 e. The molecule has 1 aliphatic heterocycles. The number of halogens is 3. The topological polar surface area (TPSA) is 127 Å². The third-order valence-corrected chi connectivity index (χ3v) is 8.34. The molecule has 196 valence electrons. The molecule has 5 heterocycles. The van der Waals surface area contributed by atoms with Crippen molar-refractivity contribution in [3.05, 3.63) is 51.5 Å². The maximum atomic E-state index is 13.0. The highest BCUT2D eigenvalue weighted by molar-refractivity contribution is 7.89. The molecule has 0 spiro atoms. The maximum absolute atomic E-state index is 13.0. The minimum absolute atomic E-state index is 0.0436. The van der Waals surface area contributed by atoms with Crippen molar-refractivity contribution in [1.29, 1.82) is 0 Å². The summed E-state index contributed by atoms with van der Waals surface area (Å²) in [5.74, 6) is 0.543. The van der Waals surface area contributed by atoms with E-state index in [1.807, 2.05) is 13.8 Å². The van der Waals surface area contributed by atoms with E-state index in [0.29, 0.717) is 33.5 Å². The zero-order chi connectivity index (χ0) is 26.5. The average molecular weight is 555 g/mol. The number of rotatable bonds is 6. The van der Waals surface area contributed by atoms with E-state index in [1.165, 1.54) is 16.0 Å². The average Bonchev–Trinajstić information content (AvgIpc) is 3.57. The highest BCUT2D eigenvalue weighted by Gasteiger charge is 2.50. The second kappa shape index (κ2) is 9.18. The minimum Gasteiger partial charge on any atom is -0.346 e. The molecule has 0 saturated heterocycles. The van der Waals surface area contributed by atoms with Crippen molar-refractivity contribution in [2.75, 3.05) is 6.54 Å². The Morgan fingerprint density at radius 2 is 2.03 bits per heavy atom. The highest BCUT2D eigenvalue weighted by atomic mass is 32.2. The van der Waals surface area contributed by atoms with Crippen LogP contribution < -0.4 is 5.32 Å². The number of nitrogens with zero attached hydrogens (tertiary/aromatic N) is 7. The molecule has 0 aliphatic carbocycles. The quantitative estimate of drug-likeness (QED) is 0.388. The molecule has 11 nitrogen and oxygen atoms in total. The highest BCUT2D eigenvalue weighted by Crippen LogP contribution is 2.30. The molecule has 1 N–H and O–H groups in total. The monoisotopic (exact) mass is 554 g/mol. The summed E-state index contributed by atoms with van der Waals surface area (Å²) >= 11 is 1.36. The van der Waals surface area contributed by atoms with Crippen LogP contribution in [0, 0.1) is 6.92 Å². The number of fused-ring (bicyclic) bond motifs is 2. The molecule has 37 heavy (non-hydrogen) atoms. The van der Waals surface area contributed by atoms with Gasteiger partial charge in [0.15, 0.2) is 5.82 Å². The van der Waals surface area contributed by atoms with Crippen molar-refractivity contribution in [2.24, 2.45) is 0 Å². The fourth-order valence-corrected chi connectivity index (χ4v) is 5.69. The van der Waals surface area contributed by atoms with Crippen LogP contribution in [0.15, 0.2) is 23.8 Å². The summed E-state index contributed by atoms with van der Waals surface area (Å²) in [4.78, 5) is 26.8. The molecular weight excluding hydrogens is 533 g/mol.